The number of methoxy groups -OCH3 is 1. The van der Waals surface area contributed by atoms with Crippen molar-refractivity contribution in [1.82, 2.24) is 24.4 Å². The van der Waals surface area contributed by atoms with Crippen molar-refractivity contribution in [2.45, 2.75) is 12.1 Å². The lowest BCUT2D eigenvalue weighted by Crippen LogP contribution is -2.22. The number of hydrogen-bond donors (Lipinski definition) is 3. The number of carbonyl (C=O) groups excluding carboxylic acids is 1. The summed E-state index contributed by atoms with van der Waals surface area (Å²) in [7, 11) is 1.58. The van der Waals surface area contributed by atoms with E-state index in [1.54, 1.807) is 54.7 Å². The molecule has 1 aliphatic heterocycles. The molecule has 1 saturated heterocycles. The fraction of sp³-hybridized carbons (Fsp3) is 0.273. The molecule has 0 aromatic carbocycles. The van der Waals surface area contributed by atoms with Crippen LogP contribution in [0.25, 0.3) is 11.2 Å². The van der Waals surface area contributed by atoms with Gasteiger partial charge in [-0.1, -0.05) is 24.3 Å². The standard InChI is InChI=1S/C22H24ClN7O4/c1-13(9-14(23)5-3-8-33-2)19-15(10-30(27-19)16-11-34-12-17(16)31)26-22(32)18-20(24)28-29-7-4-6-25-21(18)29/h3-7,9-10,16-17,31H,1,8,11-12H2,2H3,(H2,24,28)(H,26,32)/b5-3-,14-9+. The predicted octanol–water partition coefficient (Wildman–Crippen LogP) is 2.03. The van der Waals surface area contributed by atoms with Crippen LogP contribution < -0.4 is 11.1 Å². The number of nitrogen functional groups attached to an aromatic ring is 1. The van der Waals surface area contributed by atoms with Crippen LogP contribution in [0.2, 0.25) is 0 Å². The fourth-order valence-electron chi connectivity index (χ4n) is 3.52. The van der Waals surface area contributed by atoms with E-state index in [1.165, 1.54) is 4.52 Å². The van der Waals surface area contributed by atoms with Gasteiger partial charge in [0.05, 0.1) is 25.5 Å². The van der Waals surface area contributed by atoms with Crippen LogP contribution in [0.15, 0.2) is 54.5 Å². The Morgan fingerprint density at radius 1 is 1.47 bits per heavy atom. The summed E-state index contributed by atoms with van der Waals surface area (Å²) in [6.07, 6.45) is 9.10. The van der Waals surface area contributed by atoms with Crippen LogP contribution in [0.5, 0.6) is 0 Å². The number of hydrogen-bond acceptors (Lipinski definition) is 8. The lowest BCUT2D eigenvalue weighted by Gasteiger charge is -2.12. The van der Waals surface area contributed by atoms with E-state index in [0.29, 0.717) is 34.2 Å². The molecule has 2 unspecified atom stereocenters. The summed E-state index contributed by atoms with van der Waals surface area (Å²) >= 11 is 6.28. The molecule has 34 heavy (non-hydrogen) atoms. The zero-order valence-corrected chi connectivity index (χ0v) is 19.1. The number of aliphatic hydroxyl groups is 1. The maximum absolute atomic E-state index is 13.2. The van der Waals surface area contributed by atoms with Crippen LogP contribution in [-0.4, -0.2) is 68.4 Å². The van der Waals surface area contributed by atoms with Crippen LogP contribution >= 0.6 is 11.6 Å². The second kappa shape index (κ2) is 10.2. The molecule has 178 valence electrons. The molecular weight excluding hydrogens is 462 g/mol. The van der Waals surface area contributed by atoms with Crippen molar-refractivity contribution in [1.29, 1.82) is 0 Å². The lowest BCUT2D eigenvalue weighted by atomic mass is 10.1. The van der Waals surface area contributed by atoms with Gasteiger partial charge in [-0.2, -0.15) is 5.10 Å². The SMILES string of the molecule is C=C(/C=C(Cl)\C=C/COC)c1nn(C2COCC2O)cc1NC(=O)c1c(N)nn2cccnc12. The van der Waals surface area contributed by atoms with Gasteiger partial charge in [-0.3, -0.25) is 9.48 Å². The summed E-state index contributed by atoms with van der Waals surface area (Å²) in [6.45, 7) is 4.93. The van der Waals surface area contributed by atoms with Gasteiger partial charge in [0.25, 0.3) is 5.91 Å². The van der Waals surface area contributed by atoms with E-state index in [1.807, 2.05) is 0 Å². The number of aromatic nitrogens is 5. The molecule has 3 aromatic heterocycles. The molecule has 2 atom stereocenters. The Kier molecular flexibility index (Phi) is 7.08. The molecule has 0 bridgehead atoms. The predicted molar refractivity (Wildman–Crippen MR) is 127 cm³/mol. The number of nitrogens with zero attached hydrogens (tertiary/aromatic N) is 5. The van der Waals surface area contributed by atoms with Gasteiger partial charge in [0.15, 0.2) is 11.5 Å². The summed E-state index contributed by atoms with van der Waals surface area (Å²) < 4.78 is 13.3. The summed E-state index contributed by atoms with van der Waals surface area (Å²) in [4.78, 5) is 17.4. The average Bonchev–Trinajstić information content (AvgIpc) is 3.49. The van der Waals surface area contributed by atoms with Gasteiger partial charge in [0.1, 0.15) is 23.4 Å². The number of ether oxygens (including phenoxy) is 2. The van der Waals surface area contributed by atoms with Crippen molar-refractivity contribution >= 4 is 40.2 Å². The Labute approximate surface area is 200 Å². The minimum Gasteiger partial charge on any atom is -0.388 e. The Hall–Kier alpha value is -3.51. The average molecular weight is 486 g/mol. The second-order valence-electron chi connectivity index (χ2n) is 7.56. The molecule has 3 aromatic rings. The number of aliphatic hydroxyl groups excluding tert-OH is 1. The Balaban J connectivity index is 1.68. The van der Waals surface area contributed by atoms with E-state index in [2.05, 4.69) is 27.1 Å². The minimum absolute atomic E-state index is 0.0369. The van der Waals surface area contributed by atoms with Crippen LogP contribution in [-0.2, 0) is 9.47 Å². The van der Waals surface area contributed by atoms with Gasteiger partial charge in [0.2, 0.25) is 0 Å². The summed E-state index contributed by atoms with van der Waals surface area (Å²) in [5.41, 5.74) is 7.60. The van der Waals surface area contributed by atoms with Crippen LogP contribution in [0.4, 0.5) is 11.5 Å². The first-order valence-electron chi connectivity index (χ1n) is 10.4. The third-order valence-corrected chi connectivity index (χ3v) is 5.38. The van der Waals surface area contributed by atoms with E-state index in [-0.39, 0.29) is 24.6 Å². The van der Waals surface area contributed by atoms with Gasteiger partial charge in [-0.05, 0) is 23.8 Å². The first-order chi connectivity index (χ1) is 16.4. The first-order valence-corrected chi connectivity index (χ1v) is 10.7. The molecule has 4 rings (SSSR count). The molecule has 0 saturated carbocycles. The van der Waals surface area contributed by atoms with Crippen LogP contribution in [0.3, 0.4) is 0 Å². The Morgan fingerprint density at radius 2 is 2.29 bits per heavy atom. The number of fused-ring (bicyclic) bond motifs is 1. The molecule has 0 aliphatic carbocycles. The lowest BCUT2D eigenvalue weighted by molar-refractivity contribution is 0.102. The first kappa shape index (κ1) is 23.6. The Morgan fingerprint density at radius 3 is 3.03 bits per heavy atom. The van der Waals surface area contributed by atoms with Gasteiger partial charge in [-0.25, -0.2) is 9.50 Å². The fourth-order valence-corrected chi connectivity index (χ4v) is 3.74. The molecule has 4 N–H and O–H groups in total. The number of nitrogens with one attached hydrogen (secondary N) is 1. The topological polar surface area (TPSA) is 142 Å². The van der Waals surface area contributed by atoms with Gasteiger partial charge in [-0.15, -0.1) is 5.10 Å². The van der Waals surface area contributed by atoms with Crippen molar-refractivity contribution in [3.05, 3.63) is 65.8 Å². The highest BCUT2D eigenvalue weighted by atomic mass is 35.5. The van der Waals surface area contributed by atoms with E-state index in [9.17, 15) is 9.90 Å². The third kappa shape index (κ3) is 4.87. The maximum Gasteiger partial charge on any atom is 0.263 e. The van der Waals surface area contributed by atoms with Crippen LogP contribution in [0.1, 0.15) is 22.1 Å². The van der Waals surface area contributed by atoms with E-state index >= 15 is 0 Å². The molecule has 12 heteroatoms. The summed E-state index contributed by atoms with van der Waals surface area (Å²) in [6, 6.07) is 1.27. The number of anilines is 2. The number of allylic oxidation sites excluding steroid dienone is 4. The second-order valence-corrected chi connectivity index (χ2v) is 7.99. The molecule has 4 heterocycles. The number of rotatable bonds is 8. The van der Waals surface area contributed by atoms with Crippen molar-refractivity contribution in [3.8, 4) is 0 Å². The highest BCUT2D eigenvalue weighted by molar-refractivity contribution is 6.31. The summed E-state index contributed by atoms with van der Waals surface area (Å²) in [5.74, 6) is -0.479. The third-order valence-electron chi connectivity index (χ3n) is 5.15. The number of carbonyl (C=O) groups is 1. The molecule has 11 nitrogen and oxygen atoms in total. The molecule has 0 spiro atoms. The largest absolute Gasteiger partial charge is 0.388 e. The smallest absolute Gasteiger partial charge is 0.263 e. The van der Waals surface area contributed by atoms with Crippen molar-refractivity contribution in [2.24, 2.45) is 0 Å². The van der Waals surface area contributed by atoms with Crippen molar-refractivity contribution in [2.75, 3.05) is 38.0 Å². The molecule has 1 fully saturated rings. The van der Waals surface area contributed by atoms with E-state index in [0.717, 1.165) is 0 Å². The number of halogens is 1. The normalized spacial score (nSPS) is 18.7. The van der Waals surface area contributed by atoms with E-state index in [4.69, 9.17) is 26.8 Å². The zero-order chi connectivity index (χ0) is 24.2. The number of nitrogens with two attached hydrogens (primary N) is 1. The minimum atomic E-state index is -0.736. The monoisotopic (exact) mass is 485 g/mol. The van der Waals surface area contributed by atoms with Crippen molar-refractivity contribution in [3.63, 3.8) is 0 Å². The highest BCUT2D eigenvalue weighted by Crippen LogP contribution is 2.29. The summed E-state index contributed by atoms with van der Waals surface area (Å²) in [5, 5.41) is 22.1. The highest BCUT2D eigenvalue weighted by Gasteiger charge is 2.30. The van der Waals surface area contributed by atoms with Crippen molar-refractivity contribution < 1.29 is 19.4 Å². The van der Waals surface area contributed by atoms with E-state index < -0.39 is 18.1 Å². The molecule has 1 aliphatic rings. The van der Waals surface area contributed by atoms with Gasteiger partial charge in [0, 0.05) is 30.7 Å². The zero-order valence-electron chi connectivity index (χ0n) is 18.4. The van der Waals surface area contributed by atoms with Gasteiger partial charge >= 0.3 is 0 Å². The molecule has 0 radical (unpaired) electrons. The van der Waals surface area contributed by atoms with Crippen LogP contribution in [0, 0.1) is 0 Å². The number of amides is 1. The molecular formula is C22H24ClN7O4. The maximum atomic E-state index is 13.2. The quantitative estimate of drug-likeness (QED) is 0.411. The molecule has 1 amide bonds. The Bertz CT molecular complexity index is 1280. The van der Waals surface area contributed by atoms with Gasteiger partial charge < -0.3 is 25.6 Å².